The van der Waals surface area contributed by atoms with Crippen LogP contribution in [0.3, 0.4) is 0 Å². The van der Waals surface area contributed by atoms with Crippen LogP contribution in [0.1, 0.15) is 11.1 Å². The number of aromatic nitrogens is 2. The van der Waals surface area contributed by atoms with Crippen molar-refractivity contribution in [3.8, 4) is 5.75 Å². The average Bonchev–Trinajstić information content (AvgIpc) is 3.16. The predicted molar refractivity (Wildman–Crippen MR) is 124 cm³/mol. The van der Waals surface area contributed by atoms with Crippen molar-refractivity contribution in [2.24, 2.45) is 0 Å². The zero-order valence-corrected chi connectivity index (χ0v) is 17.0. The van der Waals surface area contributed by atoms with E-state index < -0.39 is 0 Å². The van der Waals surface area contributed by atoms with E-state index in [4.69, 9.17) is 4.74 Å². The van der Waals surface area contributed by atoms with E-state index in [9.17, 15) is 4.79 Å². The third-order valence-corrected chi connectivity index (χ3v) is 6.41. The number of hydrogen-bond acceptors (Lipinski definition) is 2. The summed E-state index contributed by atoms with van der Waals surface area (Å²) in [6, 6.07) is 18.1. The zero-order chi connectivity index (χ0) is 20.6. The molecule has 3 heterocycles. The maximum absolute atomic E-state index is 13.2. The minimum absolute atomic E-state index is 0.0164. The van der Waals surface area contributed by atoms with Crippen molar-refractivity contribution >= 4 is 48.9 Å². The van der Waals surface area contributed by atoms with E-state index in [1.165, 1.54) is 10.9 Å². The fourth-order valence-electron chi connectivity index (χ4n) is 4.92. The molecule has 0 radical (unpaired) electrons. The van der Waals surface area contributed by atoms with E-state index in [2.05, 4.69) is 43.1 Å². The molecule has 1 N–H and O–H groups in total. The molecule has 4 heteroatoms. The van der Waals surface area contributed by atoms with Gasteiger partial charge in [0, 0.05) is 33.3 Å². The summed E-state index contributed by atoms with van der Waals surface area (Å²) in [5.74, 6) is 0.834. The minimum atomic E-state index is 0.0164. The molecule has 0 atom stereocenters. The van der Waals surface area contributed by atoms with Crippen molar-refractivity contribution in [3.63, 3.8) is 0 Å². The van der Waals surface area contributed by atoms with E-state index in [1.54, 1.807) is 11.5 Å². The van der Waals surface area contributed by atoms with Crippen LogP contribution in [0, 0.1) is 13.8 Å². The number of nitrogens with one attached hydrogen (secondary N) is 1. The molecule has 0 unspecified atom stereocenters. The third-order valence-electron chi connectivity index (χ3n) is 6.41. The maximum Gasteiger partial charge on any atom is 0.262 e. The van der Waals surface area contributed by atoms with Gasteiger partial charge in [-0.15, -0.1) is 0 Å². The van der Waals surface area contributed by atoms with Gasteiger partial charge < -0.3 is 9.72 Å². The molecule has 3 aromatic carbocycles. The fraction of sp³-hybridized carbons (Fsp3) is 0.115. The van der Waals surface area contributed by atoms with Gasteiger partial charge in [-0.25, -0.2) is 0 Å². The van der Waals surface area contributed by atoms with Crippen LogP contribution in [0.5, 0.6) is 5.75 Å². The van der Waals surface area contributed by atoms with Gasteiger partial charge in [0.15, 0.2) is 0 Å². The lowest BCUT2D eigenvalue weighted by Crippen LogP contribution is -2.13. The second-order valence-corrected chi connectivity index (χ2v) is 7.93. The van der Waals surface area contributed by atoms with Gasteiger partial charge in [0.2, 0.25) is 0 Å². The third kappa shape index (κ3) is 2.08. The smallest absolute Gasteiger partial charge is 0.262 e. The van der Waals surface area contributed by atoms with Crippen molar-refractivity contribution in [1.29, 1.82) is 0 Å². The van der Waals surface area contributed by atoms with Crippen LogP contribution in [-0.4, -0.2) is 16.5 Å². The Morgan fingerprint density at radius 2 is 1.70 bits per heavy atom. The highest BCUT2D eigenvalue weighted by Crippen LogP contribution is 2.39. The lowest BCUT2D eigenvalue weighted by atomic mass is 9.95. The minimum Gasteiger partial charge on any atom is -0.497 e. The van der Waals surface area contributed by atoms with Crippen LogP contribution < -0.4 is 10.3 Å². The summed E-state index contributed by atoms with van der Waals surface area (Å²) in [6.07, 6.45) is 1.90. The Balaban J connectivity index is 1.90. The first-order valence-corrected chi connectivity index (χ1v) is 10.0. The van der Waals surface area contributed by atoms with E-state index in [1.807, 2.05) is 36.5 Å². The van der Waals surface area contributed by atoms with Crippen molar-refractivity contribution < 1.29 is 4.74 Å². The highest BCUT2D eigenvalue weighted by Gasteiger charge is 2.17. The van der Waals surface area contributed by atoms with E-state index in [0.717, 1.165) is 54.8 Å². The van der Waals surface area contributed by atoms with Crippen molar-refractivity contribution in [3.05, 3.63) is 82.3 Å². The summed E-state index contributed by atoms with van der Waals surface area (Å²) in [4.78, 5) is 16.8. The van der Waals surface area contributed by atoms with Crippen LogP contribution in [0.15, 0.2) is 65.6 Å². The Kier molecular flexibility index (Phi) is 3.34. The van der Waals surface area contributed by atoms with Gasteiger partial charge in [0.05, 0.1) is 18.1 Å². The van der Waals surface area contributed by atoms with Gasteiger partial charge in [-0.3, -0.25) is 9.20 Å². The Morgan fingerprint density at radius 3 is 2.53 bits per heavy atom. The summed E-state index contributed by atoms with van der Waals surface area (Å²) in [7, 11) is 1.69. The molecule has 0 aliphatic heterocycles. The average molecular weight is 392 g/mol. The SMILES string of the molecule is COc1ccc2[nH]c3c(C)c4ccn5c(=O)c6ccccc6cc5c4c(C)c3c2c1. The second-order valence-electron chi connectivity index (χ2n) is 7.93. The summed E-state index contributed by atoms with van der Waals surface area (Å²) in [5, 5.41) is 6.30. The number of nitrogens with zero attached hydrogens (tertiary/aromatic N) is 1. The Bertz CT molecular complexity index is 1720. The second kappa shape index (κ2) is 5.86. The van der Waals surface area contributed by atoms with Crippen LogP contribution in [0.2, 0.25) is 0 Å². The molecule has 146 valence electrons. The van der Waals surface area contributed by atoms with Crippen LogP contribution in [-0.2, 0) is 0 Å². The molecule has 30 heavy (non-hydrogen) atoms. The number of hydrogen-bond donors (Lipinski definition) is 1. The van der Waals surface area contributed by atoms with E-state index in [0.29, 0.717) is 0 Å². The topological polar surface area (TPSA) is 46.5 Å². The quantitative estimate of drug-likeness (QED) is 0.281. The highest BCUT2D eigenvalue weighted by atomic mass is 16.5. The molecule has 4 nitrogen and oxygen atoms in total. The zero-order valence-electron chi connectivity index (χ0n) is 17.0. The number of rotatable bonds is 1. The molecular weight excluding hydrogens is 372 g/mol. The van der Waals surface area contributed by atoms with Gasteiger partial charge in [0.25, 0.3) is 5.56 Å². The van der Waals surface area contributed by atoms with Gasteiger partial charge in [-0.2, -0.15) is 0 Å². The van der Waals surface area contributed by atoms with Gasteiger partial charge in [-0.05, 0) is 72.1 Å². The Labute approximate surface area is 172 Å². The van der Waals surface area contributed by atoms with E-state index in [-0.39, 0.29) is 5.56 Å². The highest BCUT2D eigenvalue weighted by molar-refractivity contribution is 6.19. The first-order chi connectivity index (χ1) is 14.6. The standard InChI is InChI=1S/C26H20N2O2/c1-14-18-10-11-28-22(12-16-6-4-5-7-19(16)26(28)29)23(18)15(2)24-20-13-17(30-3)8-9-21(20)27-25(14)24/h4-13,27H,1-3H3. The molecule has 0 amide bonds. The Hall–Kier alpha value is -3.79. The van der Waals surface area contributed by atoms with Gasteiger partial charge in [-0.1, -0.05) is 18.2 Å². The largest absolute Gasteiger partial charge is 0.497 e. The lowest BCUT2D eigenvalue weighted by molar-refractivity contribution is 0.415. The van der Waals surface area contributed by atoms with Gasteiger partial charge >= 0.3 is 0 Å². The summed E-state index contributed by atoms with van der Waals surface area (Å²) < 4.78 is 7.25. The first-order valence-electron chi connectivity index (χ1n) is 10.0. The molecule has 0 saturated carbocycles. The molecule has 0 spiro atoms. The predicted octanol–water partition coefficient (Wildman–Crippen LogP) is 5.87. The molecule has 6 rings (SSSR count). The summed E-state index contributed by atoms with van der Waals surface area (Å²) in [6.45, 7) is 4.29. The molecule has 6 aromatic rings. The fourth-order valence-corrected chi connectivity index (χ4v) is 4.92. The van der Waals surface area contributed by atoms with Gasteiger partial charge in [0.1, 0.15) is 5.75 Å². The number of H-pyrrole nitrogens is 1. The molecule has 0 fully saturated rings. The van der Waals surface area contributed by atoms with Crippen LogP contribution in [0.4, 0.5) is 0 Å². The number of ether oxygens (including phenoxy) is 1. The van der Waals surface area contributed by atoms with Crippen molar-refractivity contribution in [2.75, 3.05) is 7.11 Å². The van der Waals surface area contributed by atoms with Crippen molar-refractivity contribution in [2.45, 2.75) is 13.8 Å². The molecule has 0 aliphatic carbocycles. The summed E-state index contributed by atoms with van der Waals surface area (Å²) in [5.41, 5.74) is 5.52. The lowest BCUT2D eigenvalue weighted by Gasteiger charge is -2.14. The molecular formula is C26H20N2O2. The van der Waals surface area contributed by atoms with E-state index >= 15 is 0 Å². The maximum atomic E-state index is 13.2. The van der Waals surface area contributed by atoms with Crippen LogP contribution in [0.25, 0.3) is 48.9 Å². The van der Waals surface area contributed by atoms with Crippen LogP contribution >= 0.6 is 0 Å². The Morgan fingerprint density at radius 1 is 0.867 bits per heavy atom. The number of methoxy groups -OCH3 is 1. The first kappa shape index (κ1) is 17.1. The number of aryl methyl sites for hydroxylation is 2. The monoisotopic (exact) mass is 392 g/mol. The number of fused-ring (bicyclic) bond motifs is 7. The number of aromatic amines is 1. The molecule has 0 bridgehead atoms. The molecule has 0 aliphatic rings. The molecule has 3 aromatic heterocycles. The number of pyridine rings is 2. The number of benzene rings is 3. The normalized spacial score (nSPS) is 12.0. The summed E-state index contributed by atoms with van der Waals surface area (Å²) >= 11 is 0. The van der Waals surface area contributed by atoms with Crippen molar-refractivity contribution in [1.82, 2.24) is 9.38 Å². The molecule has 0 saturated heterocycles.